The molecule has 7 heteroatoms. The summed E-state index contributed by atoms with van der Waals surface area (Å²) in [6.07, 6.45) is 2.29. The average molecular weight is 260 g/mol. The molecule has 2 heterocycles. The van der Waals surface area contributed by atoms with E-state index in [1.807, 2.05) is 6.92 Å². The number of rotatable bonds is 4. The predicted octanol–water partition coefficient (Wildman–Crippen LogP) is 1.55. The molecule has 0 spiro atoms. The number of anilines is 2. The van der Waals surface area contributed by atoms with Gasteiger partial charge in [0.25, 0.3) is 0 Å². The van der Waals surface area contributed by atoms with Gasteiger partial charge in [-0.15, -0.1) is 0 Å². The highest BCUT2D eigenvalue weighted by Gasteiger charge is 2.27. The van der Waals surface area contributed by atoms with Crippen LogP contribution in [0.4, 0.5) is 11.6 Å². The van der Waals surface area contributed by atoms with Crippen molar-refractivity contribution in [1.82, 2.24) is 20.1 Å². The lowest BCUT2D eigenvalue weighted by Crippen LogP contribution is -2.10. The fourth-order valence-electron chi connectivity index (χ4n) is 1.82. The maximum atomic E-state index is 5.92. The summed E-state index contributed by atoms with van der Waals surface area (Å²) in [6.45, 7) is 4.12. The molecule has 0 aliphatic heterocycles. The molecular weight excluding hydrogens is 244 g/mol. The molecule has 19 heavy (non-hydrogen) atoms. The highest BCUT2D eigenvalue weighted by Crippen LogP contribution is 2.39. The van der Waals surface area contributed by atoms with E-state index >= 15 is 0 Å². The van der Waals surface area contributed by atoms with E-state index in [2.05, 4.69) is 25.4 Å². The van der Waals surface area contributed by atoms with Gasteiger partial charge >= 0.3 is 0 Å². The van der Waals surface area contributed by atoms with Crippen LogP contribution < -0.4 is 11.1 Å². The summed E-state index contributed by atoms with van der Waals surface area (Å²) in [4.78, 5) is 13.0. The van der Waals surface area contributed by atoms with E-state index in [1.165, 1.54) is 0 Å². The number of hydrogen-bond donors (Lipinski definition) is 2. The third-order valence-electron chi connectivity index (χ3n) is 3.13. The molecule has 0 bridgehead atoms. The summed E-state index contributed by atoms with van der Waals surface area (Å²) >= 11 is 0. The van der Waals surface area contributed by atoms with Gasteiger partial charge in [0.2, 0.25) is 5.89 Å². The Bertz CT molecular complexity index is 604. The zero-order chi connectivity index (χ0) is 13.4. The minimum Gasteiger partial charge on any atom is -0.383 e. The molecule has 3 N–H and O–H groups in total. The van der Waals surface area contributed by atoms with Gasteiger partial charge in [-0.2, -0.15) is 4.98 Å². The first-order valence-electron chi connectivity index (χ1n) is 6.30. The van der Waals surface area contributed by atoms with Crippen LogP contribution in [-0.4, -0.2) is 20.1 Å². The zero-order valence-electron chi connectivity index (χ0n) is 11.0. The lowest BCUT2D eigenvalue weighted by atomic mass is 10.3. The molecule has 0 amide bonds. The predicted molar refractivity (Wildman–Crippen MR) is 69.5 cm³/mol. The number of nitrogens with zero attached hydrogens (tertiary/aromatic N) is 4. The molecule has 0 atom stereocenters. The van der Waals surface area contributed by atoms with E-state index in [-0.39, 0.29) is 0 Å². The smallest absolute Gasteiger partial charge is 0.223 e. The van der Waals surface area contributed by atoms with Crippen molar-refractivity contribution >= 4 is 11.6 Å². The van der Waals surface area contributed by atoms with Crippen molar-refractivity contribution < 1.29 is 4.52 Å². The Kier molecular flexibility index (Phi) is 2.81. The van der Waals surface area contributed by atoms with Gasteiger partial charge in [-0.1, -0.05) is 5.16 Å². The lowest BCUT2D eigenvalue weighted by molar-refractivity contribution is 0.388. The van der Waals surface area contributed by atoms with Gasteiger partial charge in [0.1, 0.15) is 17.5 Å². The van der Waals surface area contributed by atoms with Crippen molar-refractivity contribution in [2.75, 3.05) is 11.1 Å². The van der Waals surface area contributed by atoms with Crippen LogP contribution in [0, 0.1) is 13.8 Å². The van der Waals surface area contributed by atoms with Crippen LogP contribution in [0.15, 0.2) is 4.52 Å². The van der Waals surface area contributed by atoms with Gasteiger partial charge in [-0.25, -0.2) is 9.97 Å². The Labute approximate surface area is 110 Å². The maximum Gasteiger partial charge on any atom is 0.223 e. The molecular formula is C12H16N6O. The van der Waals surface area contributed by atoms with Crippen LogP contribution in [-0.2, 0) is 6.54 Å². The summed E-state index contributed by atoms with van der Waals surface area (Å²) in [6, 6.07) is 0. The third-order valence-corrected chi connectivity index (χ3v) is 3.13. The van der Waals surface area contributed by atoms with Gasteiger partial charge in [0.05, 0.1) is 6.54 Å². The molecule has 1 aliphatic carbocycles. The molecule has 1 fully saturated rings. The van der Waals surface area contributed by atoms with E-state index in [0.717, 1.165) is 30.0 Å². The fourth-order valence-corrected chi connectivity index (χ4v) is 1.82. The highest BCUT2D eigenvalue weighted by molar-refractivity contribution is 5.55. The van der Waals surface area contributed by atoms with Crippen molar-refractivity contribution in [3.05, 3.63) is 23.1 Å². The first kappa shape index (κ1) is 11.9. The van der Waals surface area contributed by atoms with E-state index in [9.17, 15) is 0 Å². The van der Waals surface area contributed by atoms with Crippen LogP contribution in [0.3, 0.4) is 0 Å². The maximum absolute atomic E-state index is 5.92. The second-order valence-corrected chi connectivity index (χ2v) is 4.80. The number of nitrogens with two attached hydrogens (primary N) is 1. The summed E-state index contributed by atoms with van der Waals surface area (Å²) in [5, 5.41) is 7.02. The number of aromatic nitrogens is 4. The van der Waals surface area contributed by atoms with E-state index in [1.54, 1.807) is 6.92 Å². The van der Waals surface area contributed by atoms with Gasteiger partial charge in [-0.05, 0) is 19.8 Å². The standard InChI is InChI=1S/C12H16N6O/c1-6-10(13)16-12(8-3-4-8)17-11(6)14-5-9-15-7(2)19-18-9/h8H,3-5H2,1-2H3,(H3,13,14,16,17). The van der Waals surface area contributed by atoms with Crippen molar-refractivity contribution in [3.8, 4) is 0 Å². The minimum atomic E-state index is 0.457. The van der Waals surface area contributed by atoms with Crippen LogP contribution in [0.2, 0.25) is 0 Å². The molecule has 7 nitrogen and oxygen atoms in total. The Morgan fingerprint density at radius 1 is 1.26 bits per heavy atom. The van der Waals surface area contributed by atoms with Crippen molar-refractivity contribution in [2.24, 2.45) is 0 Å². The second kappa shape index (κ2) is 4.49. The van der Waals surface area contributed by atoms with Crippen LogP contribution in [0.25, 0.3) is 0 Å². The van der Waals surface area contributed by atoms with Crippen LogP contribution >= 0.6 is 0 Å². The fraction of sp³-hybridized carbons (Fsp3) is 0.500. The monoisotopic (exact) mass is 260 g/mol. The Hall–Kier alpha value is -2.18. The first-order chi connectivity index (χ1) is 9.13. The summed E-state index contributed by atoms with van der Waals surface area (Å²) in [5.41, 5.74) is 6.77. The summed E-state index contributed by atoms with van der Waals surface area (Å²) in [7, 11) is 0. The molecule has 2 aromatic heterocycles. The molecule has 100 valence electrons. The minimum absolute atomic E-state index is 0.457. The average Bonchev–Trinajstić information content (AvgIpc) is 3.15. The summed E-state index contributed by atoms with van der Waals surface area (Å²) < 4.78 is 4.92. The molecule has 0 saturated heterocycles. The quantitative estimate of drug-likeness (QED) is 0.859. The normalized spacial score (nSPS) is 14.6. The summed E-state index contributed by atoms with van der Waals surface area (Å²) in [5.74, 6) is 3.72. The Morgan fingerprint density at radius 2 is 2.05 bits per heavy atom. The topological polar surface area (TPSA) is 103 Å². The van der Waals surface area contributed by atoms with Crippen molar-refractivity contribution in [2.45, 2.75) is 39.2 Å². The molecule has 0 unspecified atom stereocenters. The lowest BCUT2D eigenvalue weighted by Gasteiger charge is -2.10. The van der Waals surface area contributed by atoms with Gasteiger partial charge < -0.3 is 15.6 Å². The van der Waals surface area contributed by atoms with Gasteiger partial charge in [-0.3, -0.25) is 0 Å². The van der Waals surface area contributed by atoms with Crippen LogP contribution in [0.1, 0.15) is 41.9 Å². The molecule has 1 saturated carbocycles. The number of nitrogens with one attached hydrogen (secondary N) is 1. The molecule has 0 radical (unpaired) electrons. The number of nitrogen functional groups attached to an aromatic ring is 1. The van der Waals surface area contributed by atoms with E-state index in [4.69, 9.17) is 10.3 Å². The van der Waals surface area contributed by atoms with Crippen molar-refractivity contribution in [3.63, 3.8) is 0 Å². The number of hydrogen-bond acceptors (Lipinski definition) is 7. The second-order valence-electron chi connectivity index (χ2n) is 4.80. The Balaban J connectivity index is 1.79. The van der Waals surface area contributed by atoms with Crippen molar-refractivity contribution in [1.29, 1.82) is 0 Å². The zero-order valence-corrected chi connectivity index (χ0v) is 11.0. The third kappa shape index (κ3) is 2.49. The molecule has 1 aliphatic rings. The van der Waals surface area contributed by atoms with E-state index < -0.39 is 0 Å². The van der Waals surface area contributed by atoms with Gasteiger partial charge in [0.15, 0.2) is 5.82 Å². The highest BCUT2D eigenvalue weighted by atomic mass is 16.5. The van der Waals surface area contributed by atoms with Gasteiger partial charge in [0, 0.05) is 18.4 Å². The SMILES string of the molecule is Cc1nc(CNc2nc(C3CC3)nc(N)c2C)no1. The molecule has 0 aromatic carbocycles. The first-order valence-corrected chi connectivity index (χ1v) is 6.30. The van der Waals surface area contributed by atoms with E-state index in [0.29, 0.717) is 30.0 Å². The molecule has 2 aromatic rings. The molecule has 3 rings (SSSR count). The largest absolute Gasteiger partial charge is 0.383 e. The Morgan fingerprint density at radius 3 is 2.68 bits per heavy atom. The number of aryl methyl sites for hydroxylation is 1. The van der Waals surface area contributed by atoms with Crippen LogP contribution in [0.5, 0.6) is 0 Å².